The number of H-pyrrole nitrogens is 1. The van der Waals surface area contributed by atoms with Crippen molar-refractivity contribution < 1.29 is 36.6 Å². The number of ether oxygens (including phenoxy) is 2. The standard InChI is InChI=1S/C26H27F4N5O4/c1-13-21(25(37)34-18-9-35(8-17(18)27)20(36)11-38-2)23-24(33-13)22(31-12-32-23)16-7-15(26(28,29)30)5-6-19(16)39-10-14-3-4-14/h5-7,12,14,17-18,33H,3-4,8-11H2,1-2H3,(H,34,37)/t17-,18-/m0/s1. The molecule has 5 rings (SSSR count). The van der Waals surface area contributed by atoms with Crippen LogP contribution in [0.3, 0.4) is 0 Å². The normalized spacial score (nSPS) is 19.5. The molecule has 3 aromatic rings. The summed E-state index contributed by atoms with van der Waals surface area (Å²) in [5.41, 5.74) is 0.272. The summed E-state index contributed by atoms with van der Waals surface area (Å²) in [5, 5.41) is 2.63. The van der Waals surface area contributed by atoms with Gasteiger partial charge in [-0.25, -0.2) is 14.4 Å². The molecule has 1 aliphatic carbocycles. The smallest absolute Gasteiger partial charge is 0.416 e. The van der Waals surface area contributed by atoms with Gasteiger partial charge in [-0.2, -0.15) is 13.2 Å². The number of aromatic amines is 1. The molecule has 9 nitrogen and oxygen atoms in total. The number of nitrogens with zero attached hydrogens (tertiary/aromatic N) is 3. The number of carbonyl (C=O) groups is 2. The topological polar surface area (TPSA) is 109 Å². The molecule has 1 saturated carbocycles. The maximum atomic E-state index is 14.7. The number of likely N-dealkylation sites (tertiary alicyclic amines) is 1. The molecule has 2 atom stereocenters. The van der Waals surface area contributed by atoms with E-state index in [0.717, 1.165) is 31.3 Å². The van der Waals surface area contributed by atoms with Crippen LogP contribution in [0.4, 0.5) is 17.6 Å². The fourth-order valence-corrected chi connectivity index (χ4v) is 4.67. The first-order valence-electron chi connectivity index (χ1n) is 12.5. The summed E-state index contributed by atoms with van der Waals surface area (Å²) in [6.45, 7) is 1.58. The van der Waals surface area contributed by atoms with E-state index in [1.54, 1.807) is 6.92 Å². The Balaban J connectivity index is 1.48. The highest BCUT2D eigenvalue weighted by Crippen LogP contribution is 2.40. The van der Waals surface area contributed by atoms with Gasteiger partial charge < -0.3 is 24.7 Å². The molecule has 2 aromatic heterocycles. The number of alkyl halides is 4. The number of carbonyl (C=O) groups excluding carboxylic acids is 2. The van der Waals surface area contributed by atoms with Gasteiger partial charge in [-0.1, -0.05) is 0 Å². The zero-order valence-corrected chi connectivity index (χ0v) is 21.3. The largest absolute Gasteiger partial charge is 0.493 e. The summed E-state index contributed by atoms with van der Waals surface area (Å²) < 4.78 is 66.1. The van der Waals surface area contributed by atoms with Crippen molar-refractivity contribution >= 4 is 22.8 Å². The summed E-state index contributed by atoms with van der Waals surface area (Å²) in [6, 6.07) is 2.25. The predicted molar refractivity (Wildman–Crippen MR) is 132 cm³/mol. The summed E-state index contributed by atoms with van der Waals surface area (Å²) in [6.07, 6.45) is -2.91. The van der Waals surface area contributed by atoms with Crippen molar-refractivity contribution in [2.24, 2.45) is 5.92 Å². The van der Waals surface area contributed by atoms with Gasteiger partial charge in [0.2, 0.25) is 5.91 Å². The van der Waals surface area contributed by atoms with Crippen LogP contribution in [0.5, 0.6) is 5.75 Å². The molecule has 0 unspecified atom stereocenters. The lowest BCUT2D eigenvalue weighted by Gasteiger charge is -2.16. The van der Waals surface area contributed by atoms with Crippen LogP contribution in [0.1, 0.15) is 34.5 Å². The van der Waals surface area contributed by atoms with Crippen molar-refractivity contribution in [3.63, 3.8) is 0 Å². The van der Waals surface area contributed by atoms with Crippen molar-refractivity contribution in [1.82, 2.24) is 25.2 Å². The van der Waals surface area contributed by atoms with Gasteiger partial charge in [0.1, 0.15) is 36.1 Å². The average molecular weight is 550 g/mol. The Labute approximate surface area is 220 Å². The van der Waals surface area contributed by atoms with E-state index in [0.29, 0.717) is 18.2 Å². The molecule has 0 bridgehead atoms. The Morgan fingerprint density at radius 1 is 1.21 bits per heavy atom. The molecule has 2 aliphatic rings. The number of halogens is 4. The first-order chi connectivity index (χ1) is 18.6. The predicted octanol–water partition coefficient (Wildman–Crippen LogP) is 3.67. The van der Waals surface area contributed by atoms with Crippen molar-refractivity contribution in [3.05, 3.63) is 41.3 Å². The number of hydrogen-bond acceptors (Lipinski definition) is 6. The van der Waals surface area contributed by atoms with E-state index in [1.165, 1.54) is 18.1 Å². The Morgan fingerprint density at radius 2 is 1.97 bits per heavy atom. The molecule has 0 spiro atoms. The molecule has 1 aliphatic heterocycles. The van der Waals surface area contributed by atoms with Crippen LogP contribution in [0.25, 0.3) is 22.3 Å². The fourth-order valence-electron chi connectivity index (χ4n) is 4.67. The molecule has 1 saturated heterocycles. The lowest BCUT2D eigenvalue weighted by Crippen LogP contribution is -2.42. The molecule has 2 N–H and O–H groups in total. The highest BCUT2D eigenvalue weighted by molar-refractivity contribution is 6.09. The van der Waals surface area contributed by atoms with Crippen LogP contribution in [0, 0.1) is 12.8 Å². The summed E-state index contributed by atoms with van der Waals surface area (Å²) in [7, 11) is 1.36. The number of fused-ring (bicyclic) bond motifs is 1. The Hall–Kier alpha value is -3.74. The number of nitrogens with one attached hydrogen (secondary N) is 2. The third-order valence-electron chi connectivity index (χ3n) is 6.92. The van der Waals surface area contributed by atoms with E-state index in [1.807, 2.05) is 0 Å². The summed E-state index contributed by atoms with van der Waals surface area (Å²) in [4.78, 5) is 38.1. The van der Waals surface area contributed by atoms with Crippen molar-refractivity contribution in [2.75, 3.05) is 33.4 Å². The van der Waals surface area contributed by atoms with Crippen molar-refractivity contribution in [2.45, 2.75) is 38.2 Å². The number of aromatic nitrogens is 3. The maximum absolute atomic E-state index is 14.7. The van der Waals surface area contributed by atoms with Gasteiger partial charge in [0, 0.05) is 24.9 Å². The zero-order valence-electron chi connectivity index (χ0n) is 21.3. The third-order valence-corrected chi connectivity index (χ3v) is 6.92. The van der Waals surface area contributed by atoms with Gasteiger partial charge in [0.05, 0.1) is 35.8 Å². The summed E-state index contributed by atoms with van der Waals surface area (Å²) >= 11 is 0. The van der Waals surface area contributed by atoms with Crippen LogP contribution in [-0.2, 0) is 15.7 Å². The minimum Gasteiger partial charge on any atom is -0.493 e. The van der Waals surface area contributed by atoms with Gasteiger partial charge in [-0.05, 0) is 43.9 Å². The van der Waals surface area contributed by atoms with E-state index >= 15 is 0 Å². The zero-order chi connectivity index (χ0) is 27.9. The molecular weight excluding hydrogens is 522 g/mol. The van der Waals surface area contributed by atoms with E-state index in [-0.39, 0.29) is 53.3 Å². The molecule has 0 radical (unpaired) electrons. The highest BCUT2D eigenvalue weighted by atomic mass is 19.4. The molecule has 39 heavy (non-hydrogen) atoms. The second-order valence-corrected chi connectivity index (χ2v) is 9.86. The third kappa shape index (κ3) is 5.54. The second-order valence-electron chi connectivity index (χ2n) is 9.86. The Morgan fingerprint density at radius 3 is 2.67 bits per heavy atom. The molecule has 2 fully saturated rings. The van der Waals surface area contributed by atoms with E-state index < -0.39 is 35.8 Å². The summed E-state index contributed by atoms with van der Waals surface area (Å²) in [5.74, 6) is -0.422. The molecule has 2 amide bonds. The van der Waals surface area contributed by atoms with Crippen LogP contribution in [0.2, 0.25) is 0 Å². The molecule has 208 valence electrons. The van der Waals surface area contributed by atoms with Crippen LogP contribution >= 0.6 is 0 Å². The Bertz CT molecular complexity index is 1400. The second kappa shape index (κ2) is 10.4. The van der Waals surface area contributed by atoms with Gasteiger partial charge in [0.15, 0.2) is 0 Å². The SMILES string of the molecule is COCC(=O)N1C[C@H](NC(=O)c2c(C)[nH]c3c(-c4cc(C(F)(F)F)ccc4OCC4CC4)ncnc23)[C@@H](F)C1. The van der Waals surface area contributed by atoms with Gasteiger partial charge >= 0.3 is 6.18 Å². The van der Waals surface area contributed by atoms with Gasteiger partial charge in [-0.3, -0.25) is 9.59 Å². The van der Waals surface area contributed by atoms with Crippen molar-refractivity contribution in [1.29, 1.82) is 0 Å². The van der Waals surface area contributed by atoms with E-state index in [2.05, 4.69) is 20.3 Å². The van der Waals surface area contributed by atoms with Crippen LogP contribution < -0.4 is 10.1 Å². The van der Waals surface area contributed by atoms with Crippen LogP contribution in [0.15, 0.2) is 24.5 Å². The minimum absolute atomic E-state index is 0.0251. The number of rotatable bonds is 8. The minimum atomic E-state index is -4.59. The number of aryl methyl sites for hydroxylation is 1. The fraction of sp³-hybridized carbons (Fsp3) is 0.462. The molecule has 13 heteroatoms. The lowest BCUT2D eigenvalue weighted by atomic mass is 10.0. The van der Waals surface area contributed by atoms with Crippen LogP contribution in [-0.4, -0.2) is 77.3 Å². The maximum Gasteiger partial charge on any atom is 0.416 e. The molecular formula is C26H27F4N5O4. The van der Waals surface area contributed by atoms with E-state index in [9.17, 15) is 27.2 Å². The lowest BCUT2D eigenvalue weighted by molar-refractivity contribution is -0.137. The Kier molecular flexibility index (Phi) is 7.19. The van der Waals surface area contributed by atoms with Gasteiger partial charge in [-0.15, -0.1) is 0 Å². The molecule has 1 aromatic carbocycles. The monoisotopic (exact) mass is 549 g/mol. The number of benzene rings is 1. The van der Waals surface area contributed by atoms with Crippen molar-refractivity contribution in [3.8, 4) is 17.0 Å². The highest BCUT2D eigenvalue weighted by Gasteiger charge is 2.37. The van der Waals surface area contributed by atoms with E-state index in [4.69, 9.17) is 9.47 Å². The number of methoxy groups -OCH3 is 1. The first-order valence-corrected chi connectivity index (χ1v) is 12.5. The average Bonchev–Trinajstić information content (AvgIpc) is 3.55. The number of hydrogen-bond donors (Lipinski definition) is 2. The quantitative estimate of drug-likeness (QED) is 0.415. The number of amides is 2. The molecule has 3 heterocycles. The first kappa shape index (κ1) is 26.9. The van der Waals surface area contributed by atoms with Gasteiger partial charge in [0.25, 0.3) is 5.91 Å².